The van der Waals surface area contributed by atoms with Gasteiger partial charge < -0.3 is 4.74 Å². The molecule has 26 heavy (non-hydrogen) atoms. The van der Waals surface area contributed by atoms with E-state index in [-0.39, 0.29) is 13.2 Å². The van der Waals surface area contributed by atoms with Gasteiger partial charge in [-0.1, -0.05) is 60.7 Å². The minimum Gasteiger partial charge on any atom is -0.392 e. The molecule has 0 saturated heterocycles. The lowest BCUT2D eigenvalue weighted by atomic mass is 10.2. The molecular weight excluding hydrogens is 359 g/mol. The standard InChI is InChI=1S/C18H19O7P/c1-15(19)25-18(20)14-24-26(21,22-12-16-8-4-2-5-9-16)23-13-17-10-6-3-7-11-17/h2-11H,12-14H2,1H3. The van der Waals surface area contributed by atoms with Crippen molar-refractivity contribution >= 4 is 19.8 Å². The van der Waals surface area contributed by atoms with Gasteiger partial charge in [-0.15, -0.1) is 0 Å². The van der Waals surface area contributed by atoms with E-state index in [2.05, 4.69) is 4.74 Å². The lowest BCUT2D eigenvalue weighted by Gasteiger charge is -2.17. The van der Waals surface area contributed by atoms with Gasteiger partial charge in [0, 0.05) is 6.92 Å². The van der Waals surface area contributed by atoms with Crippen LogP contribution in [0, 0.1) is 0 Å². The molecule has 0 aromatic heterocycles. The van der Waals surface area contributed by atoms with Gasteiger partial charge in [0.15, 0.2) is 6.61 Å². The largest absolute Gasteiger partial charge is 0.475 e. The zero-order valence-corrected chi connectivity index (χ0v) is 15.1. The van der Waals surface area contributed by atoms with Gasteiger partial charge in [0.25, 0.3) is 0 Å². The fourth-order valence-electron chi connectivity index (χ4n) is 1.89. The molecule has 0 unspecified atom stereocenters. The Morgan fingerprint density at radius 3 is 1.69 bits per heavy atom. The second-order valence-electron chi connectivity index (χ2n) is 5.20. The Kier molecular flexibility index (Phi) is 7.69. The number of hydrogen-bond acceptors (Lipinski definition) is 7. The summed E-state index contributed by atoms with van der Waals surface area (Å²) in [6, 6.07) is 18.0. The van der Waals surface area contributed by atoms with Crippen LogP contribution in [0.3, 0.4) is 0 Å². The molecule has 138 valence electrons. The number of carbonyl (C=O) groups is 2. The average molecular weight is 378 g/mol. The van der Waals surface area contributed by atoms with Gasteiger partial charge in [-0.2, -0.15) is 0 Å². The molecule has 0 aliphatic carbocycles. The van der Waals surface area contributed by atoms with Gasteiger partial charge in [0.05, 0.1) is 13.2 Å². The van der Waals surface area contributed by atoms with Crippen LogP contribution >= 0.6 is 7.82 Å². The van der Waals surface area contributed by atoms with Crippen LogP contribution in [0.15, 0.2) is 60.7 Å². The number of carbonyl (C=O) groups excluding carboxylic acids is 2. The maximum Gasteiger partial charge on any atom is 0.475 e. The molecule has 7 nitrogen and oxygen atoms in total. The van der Waals surface area contributed by atoms with E-state index in [1.807, 2.05) is 12.1 Å². The predicted molar refractivity (Wildman–Crippen MR) is 92.8 cm³/mol. The van der Waals surface area contributed by atoms with Crippen molar-refractivity contribution in [1.82, 2.24) is 0 Å². The van der Waals surface area contributed by atoms with E-state index in [1.54, 1.807) is 48.5 Å². The predicted octanol–water partition coefficient (Wildman–Crippen LogP) is 3.63. The van der Waals surface area contributed by atoms with Crippen molar-refractivity contribution in [3.63, 3.8) is 0 Å². The SMILES string of the molecule is CC(=O)OC(=O)COP(=O)(OCc1ccccc1)OCc1ccccc1. The normalized spacial score (nSPS) is 11.1. The quantitative estimate of drug-likeness (QED) is 0.374. The summed E-state index contributed by atoms with van der Waals surface area (Å²) < 4.78 is 32.8. The third kappa shape index (κ3) is 7.29. The first-order chi connectivity index (χ1) is 12.5. The van der Waals surface area contributed by atoms with Crippen molar-refractivity contribution in [2.24, 2.45) is 0 Å². The highest BCUT2D eigenvalue weighted by Gasteiger charge is 2.29. The first kappa shape index (κ1) is 20.0. The summed E-state index contributed by atoms with van der Waals surface area (Å²) >= 11 is 0. The van der Waals surface area contributed by atoms with Crippen molar-refractivity contribution in [3.8, 4) is 0 Å². The number of phosphoric ester groups is 1. The van der Waals surface area contributed by atoms with Gasteiger partial charge in [-0.3, -0.25) is 18.4 Å². The lowest BCUT2D eigenvalue weighted by molar-refractivity contribution is -0.160. The van der Waals surface area contributed by atoms with Crippen LogP contribution in [0.4, 0.5) is 0 Å². The first-order valence-corrected chi connectivity index (χ1v) is 9.26. The summed E-state index contributed by atoms with van der Waals surface area (Å²) in [7, 11) is -4.06. The Morgan fingerprint density at radius 2 is 1.27 bits per heavy atom. The smallest absolute Gasteiger partial charge is 0.392 e. The average Bonchev–Trinajstić information content (AvgIpc) is 2.65. The molecule has 0 aliphatic rings. The first-order valence-electron chi connectivity index (χ1n) is 7.79. The Morgan fingerprint density at radius 1 is 0.808 bits per heavy atom. The Hall–Kier alpha value is -2.31. The van der Waals surface area contributed by atoms with Crippen LogP contribution in [0.2, 0.25) is 0 Å². The van der Waals surface area contributed by atoms with Crippen molar-refractivity contribution in [2.45, 2.75) is 20.1 Å². The number of phosphoric acid groups is 1. The van der Waals surface area contributed by atoms with Gasteiger partial charge in [-0.25, -0.2) is 9.36 Å². The molecule has 0 atom stereocenters. The highest BCUT2D eigenvalue weighted by molar-refractivity contribution is 7.48. The van der Waals surface area contributed by atoms with Crippen molar-refractivity contribution in [2.75, 3.05) is 6.61 Å². The molecule has 0 amide bonds. The van der Waals surface area contributed by atoms with Crippen LogP contribution < -0.4 is 0 Å². The number of hydrogen-bond donors (Lipinski definition) is 0. The molecule has 2 aromatic carbocycles. The maximum atomic E-state index is 12.8. The molecule has 0 heterocycles. The molecule has 2 aromatic rings. The van der Waals surface area contributed by atoms with E-state index >= 15 is 0 Å². The molecule has 0 saturated carbocycles. The summed E-state index contributed by atoms with van der Waals surface area (Å²) in [4.78, 5) is 22.2. The lowest BCUT2D eigenvalue weighted by Crippen LogP contribution is -2.15. The summed E-state index contributed by atoms with van der Waals surface area (Å²) in [6.45, 7) is 0.277. The highest BCUT2D eigenvalue weighted by Crippen LogP contribution is 2.50. The Balaban J connectivity index is 1.99. The zero-order chi connectivity index (χ0) is 18.8. The molecule has 0 fully saturated rings. The molecular formula is C18H19O7P. The van der Waals surface area contributed by atoms with E-state index in [0.29, 0.717) is 0 Å². The van der Waals surface area contributed by atoms with Crippen molar-refractivity contribution in [3.05, 3.63) is 71.8 Å². The van der Waals surface area contributed by atoms with Crippen LogP contribution in [0.1, 0.15) is 18.1 Å². The van der Waals surface area contributed by atoms with Crippen LogP contribution in [0.5, 0.6) is 0 Å². The van der Waals surface area contributed by atoms with Gasteiger partial charge in [0.1, 0.15) is 0 Å². The molecule has 0 aliphatic heterocycles. The fraction of sp³-hybridized carbons (Fsp3) is 0.222. The fourth-order valence-corrected chi connectivity index (χ4v) is 2.99. The van der Waals surface area contributed by atoms with Gasteiger partial charge in [0.2, 0.25) is 0 Å². The minimum atomic E-state index is -4.06. The van der Waals surface area contributed by atoms with E-state index < -0.39 is 26.4 Å². The third-order valence-corrected chi connectivity index (χ3v) is 4.40. The zero-order valence-electron chi connectivity index (χ0n) is 14.2. The highest BCUT2D eigenvalue weighted by atomic mass is 31.2. The number of benzene rings is 2. The molecule has 0 bridgehead atoms. The van der Waals surface area contributed by atoms with E-state index in [9.17, 15) is 14.2 Å². The van der Waals surface area contributed by atoms with E-state index in [4.69, 9.17) is 13.6 Å². The second-order valence-corrected chi connectivity index (χ2v) is 6.87. The molecule has 0 spiro atoms. The van der Waals surface area contributed by atoms with E-state index in [0.717, 1.165) is 18.1 Å². The van der Waals surface area contributed by atoms with Gasteiger partial charge in [-0.05, 0) is 11.1 Å². The summed E-state index contributed by atoms with van der Waals surface area (Å²) in [5, 5.41) is 0. The van der Waals surface area contributed by atoms with Crippen LogP contribution in [0.25, 0.3) is 0 Å². The van der Waals surface area contributed by atoms with Crippen molar-refractivity contribution < 1.29 is 32.5 Å². The third-order valence-electron chi connectivity index (χ3n) is 3.06. The Labute approximate surface area is 151 Å². The minimum absolute atomic E-state index is 0.0331. The number of esters is 2. The molecule has 0 radical (unpaired) electrons. The van der Waals surface area contributed by atoms with Crippen molar-refractivity contribution in [1.29, 1.82) is 0 Å². The van der Waals surface area contributed by atoms with E-state index in [1.165, 1.54) is 0 Å². The summed E-state index contributed by atoms with van der Waals surface area (Å²) in [5.41, 5.74) is 1.51. The number of rotatable bonds is 9. The van der Waals surface area contributed by atoms with Crippen LogP contribution in [-0.4, -0.2) is 18.5 Å². The maximum absolute atomic E-state index is 12.8. The van der Waals surface area contributed by atoms with Crippen LogP contribution in [-0.2, 0) is 45.7 Å². The van der Waals surface area contributed by atoms with Gasteiger partial charge >= 0.3 is 19.8 Å². The summed E-state index contributed by atoms with van der Waals surface area (Å²) in [5.74, 6) is -1.77. The molecule has 2 rings (SSSR count). The summed E-state index contributed by atoms with van der Waals surface area (Å²) in [6.07, 6.45) is 0. The monoisotopic (exact) mass is 378 g/mol. The molecule has 0 N–H and O–H groups in total. The Bertz CT molecular complexity index is 714. The second kappa shape index (κ2) is 9.99. The number of ether oxygens (including phenoxy) is 1. The molecule has 8 heteroatoms. The topological polar surface area (TPSA) is 88.1 Å².